The number of aryl methyl sites for hydroxylation is 1. The molecule has 0 radical (unpaired) electrons. The summed E-state index contributed by atoms with van der Waals surface area (Å²) in [5, 5.41) is 2.91. The molecule has 0 heterocycles. The summed E-state index contributed by atoms with van der Waals surface area (Å²) < 4.78 is 5.71. The van der Waals surface area contributed by atoms with E-state index in [1.807, 2.05) is 44.2 Å². The third kappa shape index (κ3) is 4.09. The maximum Gasteiger partial charge on any atom is 0.255 e. The first-order valence-electron chi connectivity index (χ1n) is 7.48. The van der Waals surface area contributed by atoms with Gasteiger partial charge in [-0.15, -0.1) is 0 Å². The summed E-state index contributed by atoms with van der Waals surface area (Å²) in [7, 11) is 0. The Balaban J connectivity index is 2.16. The summed E-state index contributed by atoms with van der Waals surface area (Å²) >= 11 is 0. The Hall–Kier alpha value is -2.33. The summed E-state index contributed by atoms with van der Waals surface area (Å²) in [6.45, 7) is 5.13. The molecule has 0 unspecified atom stereocenters. The maximum atomic E-state index is 12.3. The van der Waals surface area contributed by atoms with Crippen LogP contribution in [0.5, 0.6) is 5.75 Å². The van der Waals surface area contributed by atoms with Gasteiger partial charge in [-0.05, 0) is 48.7 Å². The molecule has 3 N–H and O–H groups in total. The van der Waals surface area contributed by atoms with Gasteiger partial charge < -0.3 is 15.8 Å². The zero-order valence-electron chi connectivity index (χ0n) is 13.1. The molecular weight excluding hydrogens is 276 g/mol. The van der Waals surface area contributed by atoms with Gasteiger partial charge in [-0.3, -0.25) is 4.79 Å². The summed E-state index contributed by atoms with van der Waals surface area (Å²) in [5.74, 6) is 0.544. The van der Waals surface area contributed by atoms with E-state index in [2.05, 4.69) is 5.32 Å². The van der Waals surface area contributed by atoms with Crippen LogP contribution in [0.2, 0.25) is 0 Å². The Morgan fingerprint density at radius 2 is 1.91 bits per heavy atom. The smallest absolute Gasteiger partial charge is 0.255 e. The van der Waals surface area contributed by atoms with Crippen molar-refractivity contribution in [1.82, 2.24) is 0 Å². The second-order valence-corrected chi connectivity index (χ2v) is 5.20. The lowest BCUT2D eigenvalue weighted by atomic mass is 10.1. The number of benzene rings is 2. The van der Waals surface area contributed by atoms with Gasteiger partial charge in [-0.1, -0.05) is 25.1 Å². The number of carbonyl (C=O) groups is 1. The van der Waals surface area contributed by atoms with Gasteiger partial charge in [-0.2, -0.15) is 0 Å². The van der Waals surface area contributed by atoms with Gasteiger partial charge in [0.2, 0.25) is 0 Å². The van der Waals surface area contributed by atoms with E-state index in [1.54, 1.807) is 12.1 Å². The van der Waals surface area contributed by atoms with Gasteiger partial charge >= 0.3 is 0 Å². The summed E-state index contributed by atoms with van der Waals surface area (Å²) in [4.78, 5) is 12.3. The minimum Gasteiger partial charge on any atom is -0.491 e. The highest BCUT2D eigenvalue weighted by Crippen LogP contribution is 2.26. The van der Waals surface area contributed by atoms with E-state index in [1.165, 1.54) is 0 Å². The molecule has 2 rings (SSSR count). The van der Waals surface area contributed by atoms with Crippen LogP contribution in [0.25, 0.3) is 0 Å². The largest absolute Gasteiger partial charge is 0.491 e. The quantitative estimate of drug-likeness (QED) is 0.858. The lowest BCUT2D eigenvalue weighted by Crippen LogP contribution is -2.13. The van der Waals surface area contributed by atoms with Crippen molar-refractivity contribution in [2.75, 3.05) is 11.9 Å². The van der Waals surface area contributed by atoms with Crippen LogP contribution in [-0.4, -0.2) is 12.5 Å². The fraction of sp³-hybridized carbons (Fsp3) is 0.278. The molecule has 0 aromatic heterocycles. The summed E-state index contributed by atoms with van der Waals surface area (Å²) in [6.07, 6.45) is 0.919. The van der Waals surface area contributed by atoms with Crippen LogP contribution in [0.4, 0.5) is 5.69 Å². The molecule has 116 valence electrons. The normalized spacial score (nSPS) is 10.3. The molecule has 4 nitrogen and oxygen atoms in total. The Labute approximate surface area is 131 Å². The molecule has 0 aliphatic carbocycles. The predicted octanol–water partition coefficient (Wildman–Crippen LogP) is 3.49. The summed E-state index contributed by atoms with van der Waals surface area (Å²) in [5.41, 5.74) is 8.94. The van der Waals surface area contributed by atoms with Gasteiger partial charge in [0.15, 0.2) is 0 Å². The first-order chi connectivity index (χ1) is 10.6. The molecule has 0 saturated carbocycles. The highest BCUT2D eigenvalue weighted by atomic mass is 16.5. The lowest BCUT2D eigenvalue weighted by molar-refractivity contribution is 0.102. The number of rotatable bonds is 6. The third-order valence-corrected chi connectivity index (χ3v) is 3.30. The summed E-state index contributed by atoms with van der Waals surface area (Å²) in [6, 6.07) is 13.0. The van der Waals surface area contributed by atoms with Gasteiger partial charge in [0.1, 0.15) is 5.75 Å². The van der Waals surface area contributed by atoms with Crippen molar-refractivity contribution in [3.63, 3.8) is 0 Å². The van der Waals surface area contributed by atoms with Crippen molar-refractivity contribution in [3.05, 3.63) is 59.2 Å². The molecule has 0 spiro atoms. The first-order valence-corrected chi connectivity index (χ1v) is 7.48. The molecular formula is C18H22N2O2. The molecule has 22 heavy (non-hydrogen) atoms. The molecule has 0 fully saturated rings. The van der Waals surface area contributed by atoms with Crippen LogP contribution in [0, 0.1) is 6.92 Å². The van der Waals surface area contributed by atoms with Crippen molar-refractivity contribution in [3.8, 4) is 5.75 Å². The number of nitrogens with one attached hydrogen (secondary N) is 1. The molecule has 0 bridgehead atoms. The average molecular weight is 298 g/mol. The fourth-order valence-electron chi connectivity index (χ4n) is 2.05. The molecule has 0 atom stereocenters. The van der Waals surface area contributed by atoms with Crippen LogP contribution in [0.1, 0.15) is 34.8 Å². The Kier molecular flexibility index (Phi) is 5.55. The van der Waals surface area contributed by atoms with Crippen molar-refractivity contribution in [2.45, 2.75) is 26.8 Å². The van der Waals surface area contributed by atoms with Crippen molar-refractivity contribution in [2.24, 2.45) is 5.73 Å². The number of hydrogen-bond acceptors (Lipinski definition) is 3. The topological polar surface area (TPSA) is 64.3 Å². The van der Waals surface area contributed by atoms with Crippen LogP contribution in [-0.2, 0) is 6.54 Å². The van der Waals surface area contributed by atoms with E-state index in [9.17, 15) is 4.79 Å². The van der Waals surface area contributed by atoms with E-state index in [-0.39, 0.29) is 5.91 Å². The third-order valence-electron chi connectivity index (χ3n) is 3.30. The van der Waals surface area contributed by atoms with Crippen molar-refractivity contribution >= 4 is 11.6 Å². The van der Waals surface area contributed by atoms with E-state index >= 15 is 0 Å². The Morgan fingerprint density at radius 1 is 1.18 bits per heavy atom. The Morgan fingerprint density at radius 3 is 2.55 bits per heavy atom. The van der Waals surface area contributed by atoms with Gasteiger partial charge in [0.25, 0.3) is 5.91 Å². The fourth-order valence-corrected chi connectivity index (χ4v) is 2.05. The number of ether oxygens (including phenoxy) is 1. The monoisotopic (exact) mass is 298 g/mol. The number of nitrogens with two attached hydrogens (primary N) is 1. The van der Waals surface area contributed by atoms with Gasteiger partial charge in [-0.25, -0.2) is 0 Å². The minimum absolute atomic E-state index is 0.159. The number of carbonyl (C=O) groups excluding carboxylic acids is 1. The zero-order valence-corrected chi connectivity index (χ0v) is 13.1. The number of amides is 1. The zero-order chi connectivity index (χ0) is 15.9. The van der Waals surface area contributed by atoms with E-state index in [4.69, 9.17) is 10.5 Å². The van der Waals surface area contributed by atoms with Crippen molar-refractivity contribution in [1.29, 1.82) is 0 Å². The number of anilines is 1. The molecule has 1 amide bonds. The standard InChI is InChI=1S/C18H22N2O2/c1-3-10-22-17-11-13(2)4-9-16(17)20-18(21)15-7-5-14(12-19)6-8-15/h4-9,11H,3,10,12,19H2,1-2H3,(H,20,21). The average Bonchev–Trinajstić information content (AvgIpc) is 2.55. The molecule has 2 aromatic rings. The number of hydrogen-bond donors (Lipinski definition) is 2. The van der Waals surface area contributed by atoms with Crippen LogP contribution >= 0.6 is 0 Å². The highest BCUT2D eigenvalue weighted by Gasteiger charge is 2.10. The molecule has 0 aliphatic rings. The van der Waals surface area contributed by atoms with Crippen LogP contribution in [0.15, 0.2) is 42.5 Å². The molecule has 0 saturated heterocycles. The SMILES string of the molecule is CCCOc1cc(C)ccc1NC(=O)c1ccc(CN)cc1. The van der Waals surface area contributed by atoms with Crippen molar-refractivity contribution < 1.29 is 9.53 Å². The predicted molar refractivity (Wildman–Crippen MR) is 89.3 cm³/mol. The van der Waals surface area contributed by atoms with E-state index < -0.39 is 0 Å². The van der Waals surface area contributed by atoms with E-state index in [0.29, 0.717) is 30.2 Å². The lowest BCUT2D eigenvalue weighted by Gasteiger charge is -2.13. The van der Waals surface area contributed by atoms with Crippen LogP contribution in [0.3, 0.4) is 0 Å². The second-order valence-electron chi connectivity index (χ2n) is 5.20. The van der Waals surface area contributed by atoms with E-state index in [0.717, 1.165) is 17.5 Å². The van der Waals surface area contributed by atoms with Gasteiger partial charge in [0.05, 0.1) is 12.3 Å². The molecule has 2 aromatic carbocycles. The first kappa shape index (κ1) is 16.0. The maximum absolute atomic E-state index is 12.3. The second kappa shape index (κ2) is 7.61. The molecule has 4 heteroatoms. The Bertz CT molecular complexity index is 636. The highest BCUT2D eigenvalue weighted by molar-refractivity contribution is 6.05. The molecule has 0 aliphatic heterocycles. The minimum atomic E-state index is -0.159. The van der Waals surface area contributed by atoms with Crippen LogP contribution < -0.4 is 15.8 Å². The van der Waals surface area contributed by atoms with Gasteiger partial charge in [0, 0.05) is 12.1 Å².